The number of esters is 1. The van der Waals surface area contributed by atoms with Gasteiger partial charge < -0.3 is 15.6 Å². The van der Waals surface area contributed by atoms with Gasteiger partial charge in [-0.1, -0.05) is 6.92 Å². The Kier molecular flexibility index (Phi) is 6.85. The zero-order valence-electron chi connectivity index (χ0n) is 14.1. The van der Waals surface area contributed by atoms with Crippen LogP contribution in [-0.2, 0) is 14.3 Å². The predicted molar refractivity (Wildman–Crippen MR) is 96.3 cm³/mol. The molecular weight excluding hydrogens is 350 g/mol. The van der Waals surface area contributed by atoms with Crippen LogP contribution >= 0.6 is 24.2 Å². The van der Waals surface area contributed by atoms with Crippen molar-refractivity contribution in [3.05, 3.63) is 0 Å². The van der Waals surface area contributed by atoms with Crippen molar-refractivity contribution in [2.24, 2.45) is 29.4 Å². The fourth-order valence-corrected chi connectivity index (χ4v) is 5.00. The van der Waals surface area contributed by atoms with E-state index < -0.39 is 24.0 Å². The summed E-state index contributed by atoms with van der Waals surface area (Å²) in [4.78, 5) is 21.5. The molecule has 4 bridgehead atoms. The summed E-state index contributed by atoms with van der Waals surface area (Å²) < 4.78 is 4.59. The molecule has 0 aromatic heterocycles. The van der Waals surface area contributed by atoms with Crippen molar-refractivity contribution in [1.82, 2.24) is 0 Å². The van der Waals surface area contributed by atoms with Crippen molar-refractivity contribution in [3.63, 3.8) is 0 Å². The highest BCUT2D eigenvalue weighted by molar-refractivity contribution is 7.80. The largest absolute Gasteiger partial charge is 0.478 e. The van der Waals surface area contributed by atoms with E-state index in [1.165, 1.54) is 38.5 Å². The van der Waals surface area contributed by atoms with E-state index in [1.54, 1.807) is 6.92 Å². The van der Waals surface area contributed by atoms with Gasteiger partial charge in [-0.05, 0) is 56.3 Å². The number of alkyl halides is 1. The summed E-state index contributed by atoms with van der Waals surface area (Å²) in [6, 6.07) is 0. The van der Waals surface area contributed by atoms with Crippen LogP contribution in [0.3, 0.4) is 0 Å². The van der Waals surface area contributed by atoms with E-state index in [1.807, 2.05) is 0 Å². The average Bonchev–Trinajstić information content (AvgIpc) is 2.49. The van der Waals surface area contributed by atoms with Crippen LogP contribution in [0.1, 0.15) is 45.4 Å². The first kappa shape index (κ1) is 19.9. The summed E-state index contributed by atoms with van der Waals surface area (Å²) in [6.07, 6.45) is 7.30. The molecule has 0 amide bonds. The van der Waals surface area contributed by atoms with Gasteiger partial charge >= 0.3 is 11.9 Å². The summed E-state index contributed by atoms with van der Waals surface area (Å²) in [5.74, 6) is 0.864. The van der Waals surface area contributed by atoms with Crippen LogP contribution in [0.4, 0.5) is 0 Å². The van der Waals surface area contributed by atoms with Gasteiger partial charge in [-0.2, -0.15) is 12.6 Å². The normalized spacial score (nSPS) is 35.6. The molecule has 2 atom stereocenters. The van der Waals surface area contributed by atoms with Gasteiger partial charge in [-0.3, -0.25) is 4.79 Å². The van der Waals surface area contributed by atoms with Gasteiger partial charge in [0.05, 0.1) is 11.8 Å². The second-order valence-corrected chi connectivity index (χ2v) is 8.46. The number of rotatable bonds is 5. The topological polar surface area (TPSA) is 89.6 Å². The lowest BCUT2D eigenvalue weighted by Crippen LogP contribution is -2.55. The second-order valence-electron chi connectivity index (χ2n) is 7.78. The van der Waals surface area contributed by atoms with Gasteiger partial charge in [-0.15, -0.1) is 11.6 Å². The van der Waals surface area contributed by atoms with E-state index in [4.69, 9.17) is 22.4 Å². The third-order valence-electron chi connectivity index (χ3n) is 5.44. The SMILES string of the molecule is C[C@H](CS)C(=O)O[C@@H](CCl)C(=O)O.NC12CC3CC(CC(C3)C1)C2. The molecule has 4 rings (SSSR count). The number of thiol groups is 1. The second kappa shape index (κ2) is 8.28. The number of carboxylic acid groups (broad SMARTS) is 1. The highest BCUT2D eigenvalue weighted by atomic mass is 35.5. The molecule has 0 aromatic rings. The van der Waals surface area contributed by atoms with E-state index in [0.29, 0.717) is 11.3 Å². The quantitative estimate of drug-likeness (QED) is 0.389. The van der Waals surface area contributed by atoms with Crippen molar-refractivity contribution >= 4 is 36.2 Å². The molecular formula is C17H28ClNO4S. The molecule has 0 heterocycles. The summed E-state index contributed by atoms with van der Waals surface area (Å²) in [6.45, 7) is 1.60. The van der Waals surface area contributed by atoms with Crippen molar-refractivity contribution in [3.8, 4) is 0 Å². The molecule has 5 nitrogen and oxygen atoms in total. The van der Waals surface area contributed by atoms with Gasteiger partial charge in [0.15, 0.2) is 0 Å². The lowest BCUT2D eigenvalue weighted by molar-refractivity contribution is -0.164. The van der Waals surface area contributed by atoms with Crippen molar-refractivity contribution < 1.29 is 19.4 Å². The number of halogens is 1. The highest BCUT2D eigenvalue weighted by Gasteiger charge is 2.48. The van der Waals surface area contributed by atoms with Gasteiger partial charge in [0.25, 0.3) is 0 Å². The molecule has 0 aromatic carbocycles. The van der Waals surface area contributed by atoms with Crippen LogP contribution in [-0.4, -0.2) is 40.3 Å². The molecule has 138 valence electrons. The zero-order chi connectivity index (χ0) is 17.9. The van der Waals surface area contributed by atoms with Crippen LogP contribution in [0.15, 0.2) is 0 Å². The van der Waals surface area contributed by atoms with E-state index in [0.717, 1.165) is 17.8 Å². The number of carbonyl (C=O) groups is 2. The number of ether oxygens (including phenoxy) is 1. The number of hydrogen-bond acceptors (Lipinski definition) is 5. The average molecular weight is 378 g/mol. The van der Waals surface area contributed by atoms with Gasteiger partial charge in [0, 0.05) is 11.3 Å². The third-order valence-corrected chi connectivity index (χ3v) is 6.26. The number of hydrogen-bond donors (Lipinski definition) is 3. The van der Waals surface area contributed by atoms with Gasteiger partial charge in [0.2, 0.25) is 6.10 Å². The standard InChI is InChI=1S/C10H17N.C7H11ClO4S/c11-10-4-7-1-8(5-10)3-9(2-7)6-10;1-4(3-13)7(11)12-5(2-8)6(9)10/h7-9H,1-6,11H2;4-5,13H,2-3H2,1H3,(H,9,10)/t;4-,5+/m.1/s1. The van der Waals surface area contributed by atoms with Gasteiger partial charge in [0.1, 0.15) is 0 Å². The Bertz CT molecular complexity index is 438. The zero-order valence-corrected chi connectivity index (χ0v) is 15.8. The Balaban J connectivity index is 0.000000174. The Hall–Kier alpha value is -0.460. The smallest absolute Gasteiger partial charge is 0.346 e. The highest BCUT2D eigenvalue weighted by Crippen LogP contribution is 2.54. The first-order valence-electron chi connectivity index (χ1n) is 8.65. The molecule has 7 heteroatoms. The number of carboxylic acids is 1. The minimum absolute atomic E-state index is 0.250. The molecule has 0 aliphatic heterocycles. The molecule has 3 N–H and O–H groups in total. The molecule has 0 radical (unpaired) electrons. The van der Waals surface area contributed by atoms with E-state index >= 15 is 0 Å². The first-order chi connectivity index (χ1) is 11.3. The van der Waals surface area contributed by atoms with Crippen molar-refractivity contribution in [1.29, 1.82) is 0 Å². The van der Waals surface area contributed by atoms with Crippen molar-refractivity contribution in [2.45, 2.75) is 57.1 Å². The summed E-state index contributed by atoms with van der Waals surface area (Å²) in [7, 11) is 0. The maximum atomic E-state index is 11.1. The Morgan fingerprint density at radius 3 is 2.00 bits per heavy atom. The van der Waals surface area contributed by atoms with Crippen LogP contribution in [0.25, 0.3) is 0 Å². The lowest BCUT2D eigenvalue weighted by atomic mass is 9.53. The van der Waals surface area contributed by atoms with Crippen LogP contribution in [0.5, 0.6) is 0 Å². The molecule has 4 aliphatic carbocycles. The minimum atomic E-state index is -1.27. The summed E-state index contributed by atoms with van der Waals surface area (Å²) in [5.41, 5.74) is 6.62. The monoisotopic (exact) mass is 377 g/mol. The van der Waals surface area contributed by atoms with Crippen LogP contribution < -0.4 is 5.73 Å². The maximum absolute atomic E-state index is 11.1. The van der Waals surface area contributed by atoms with Crippen LogP contribution in [0, 0.1) is 23.7 Å². The number of nitrogens with two attached hydrogens (primary N) is 1. The molecule has 4 saturated carbocycles. The molecule has 0 saturated heterocycles. The summed E-state index contributed by atoms with van der Waals surface area (Å²) in [5, 5.41) is 8.50. The Labute approximate surface area is 154 Å². The van der Waals surface area contributed by atoms with E-state index in [9.17, 15) is 9.59 Å². The molecule has 4 fully saturated rings. The maximum Gasteiger partial charge on any atom is 0.346 e. The van der Waals surface area contributed by atoms with Crippen molar-refractivity contribution in [2.75, 3.05) is 11.6 Å². The lowest BCUT2D eigenvalue weighted by Gasteiger charge is -2.55. The van der Waals surface area contributed by atoms with Gasteiger partial charge in [-0.25, -0.2) is 4.79 Å². The van der Waals surface area contributed by atoms with E-state index in [-0.39, 0.29) is 5.88 Å². The fourth-order valence-electron chi connectivity index (χ4n) is 4.66. The Morgan fingerprint density at radius 2 is 1.71 bits per heavy atom. The first-order valence-corrected chi connectivity index (χ1v) is 9.82. The summed E-state index contributed by atoms with van der Waals surface area (Å²) >= 11 is 9.15. The van der Waals surface area contributed by atoms with E-state index in [2.05, 4.69) is 17.4 Å². The minimum Gasteiger partial charge on any atom is -0.478 e. The number of aliphatic carboxylic acids is 1. The Morgan fingerprint density at radius 1 is 1.25 bits per heavy atom. The molecule has 4 aliphatic rings. The molecule has 0 unspecified atom stereocenters. The fraction of sp³-hybridized carbons (Fsp3) is 0.882. The van der Waals surface area contributed by atoms with Crippen LogP contribution in [0.2, 0.25) is 0 Å². The predicted octanol–water partition coefficient (Wildman–Crippen LogP) is 2.70. The molecule has 24 heavy (non-hydrogen) atoms. The third kappa shape index (κ3) is 5.02. The number of carbonyl (C=O) groups excluding carboxylic acids is 1. The molecule has 0 spiro atoms.